The minimum Gasteiger partial charge on any atom is -0.397 e. The second kappa shape index (κ2) is 4.41. The fourth-order valence-corrected chi connectivity index (χ4v) is 1.72. The van der Waals surface area contributed by atoms with Crippen molar-refractivity contribution in [3.8, 4) is 0 Å². The van der Waals surface area contributed by atoms with Crippen LogP contribution in [0, 0.1) is 0 Å². The second-order valence-electron chi connectivity index (χ2n) is 4.03. The van der Waals surface area contributed by atoms with Crippen LogP contribution in [0.2, 0.25) is 0 Å². The number of hydrogen-bond acceptors (Lipinski definition) is 4. The zero-order valence-electron chi connectivity index (χ0n) is 9.92. The molecule has 0 spiro atoms. The number of anilines is 2. The van der Waals surface area contributed by atoms with Gasteiger partial charge in [-0.15, -0.1) is 0 Å². The van der Waals surface area contributed by atoms with E-state index in [0.29, 0.717) is 11.6 Å². The topological polar surface area (TPSA) is 96.7 Å². The Kier molecular flexibility index (Phi) is 2.60. The number of imidazole rings is 1. The number of nitrogens with one attached hydrogen (secondary N) is 2. The molecule has 0 atom stereocenters. The molecule has 4 N–H and O–H groups in total. The van der Waals surface area contributed by atoms with Crippen LogP contribution in [-0.4, -0.2) is 20.9 Å². The molecule has 0 aliphatic rings. The van der Waals surface area contributed by atoms with Crippen molar-refractivity contribution in [1.29, 1.82) is 0 Å². The van der Waals surface area contributed by atoms with Crippen LogP contribution in [0.5, 0.6) is 0 Å². The first-order valence-corrected chi connectivity index (χ1v) is 5.70. The van der Waals surface area contributed by atoms with Crippen molar-refractivity contribution < 1.29 is 4.79 Å². The molecule has 19 heavy (non-hydrogen) atoms. The maximum absolute atomic E-state index is 11.9. The highest BCUT2D eigenvalue weighted by Crippen LogP contribution is 2.13. The summed E-state index contributed by atoms with van der Waals surface area (Å²) in [7, 11) is 0. The number of carbonyl (C=O) groups is 1. The van der Waals surface area contributed by atoms with Crippen LogP contribution in [0.15, 0.2) is 42.6 Å². The lowest BCUT2D eigenvalue weighted by molar-refractivity contribution is 0.102. The Bertz CT molecular complexity index is 699. The first-order valence-electron chi connectivity index (χ1n) is 5.70. The predicted octanol–water partition coefficient (Wildman–Crippen LogP) is 1.79. The summed E-state index contributed by atoms with van der Waals surface area (Å²) < 4.78 is 0. The third kappa shape index (κ3) is 2.23. The Labute approximate surface area is 108 Å². The molecule has 94 valence electrons. The van der Waals surface area contributed by atoms with Gasteiger partial charge < -0.3 is 10.7 Å². The first-order chi connectivity index (χ1) is 9.22. The van der Waals surface area contributed by atoms with E-state index in [1.807, 2.05) is 24.3 Å². The summed E-state index contributed by atoms with van der Waals surface area (Å²) in [5, 5.41) is 2.66. The fraction of sp³-hybridized carbons (Fsp3) is 0. The van der Waals surface area contributed by atoms with Gasteiger partial charge in [-0.3, -0.25) is 10.1 Å². The van der Waals surface area contributed by atoms with Crippen LogP contribution in [0.3, 0.4) is 0 Å². The van der Waals surface area contributed by atoms with Gasteiger partial charge in [0.25, 0.3) is 5.91 Å². The standard InChI is InChI=1S/C13H11N5O/c14-8-5-6-11(15-7-8)12(19)18-13-16-9-3-1-2-4-10(9)17-13/h1-7H,14H2,(H2,16,17,18,19). The van der Waals surface area contributed by atoms with Crippen molar-refractivity contribution in [1.82, 2.24) is 15.0 Å². The van der Waals surface area contributed by atoms with Crippen molar-refractivity contribution in [3.63, 3.8) is 0 Å². The van der Waals surface area contributed by atoms with Crippen LogP contribution in [0.4, 0.5) is 11.6 Å². The summed E-state index contributed by atoms with van der Waals surface area (Å²) >= 11 is 0. The Morgan fingerprint density at radius 1 is 1.21 bits per heavy atom. The Morgan fingerprint density at radius 3 is 2.79 bits per heavy atom. The van der Waals surface area contributed by atoms with E-state index in [2.05, 4.69) is 20.3 Å². The lowest BCUT2D eigenvalue weighted by Gasteiger charge is -2.00. The van der Waals surface area contributed by atoms with Gasteiger partial charge in [0.15, 0.2) is 0 Å². The first kappa shape index (κ1) is 11.2. The number of nitrogens with zero attached hydrogens (tertiary/aromatic N) is 2. The number of benzene rings is 1. The summed E-state index contributed by atoms with van der Waals surface area (Å²) in [4.78, 5) is 23.1. The zero-order chi connectivity index (χ0) is 13.2. The number of aromatic amines is 1. The number of carbonyl (C=O) groups excluding carboxylic acids is 1. The zero-order valence-corrected chi connectivity index (χ0v) is 9.92. The van der Waals surface area contributed by atoms with Gasteiger partial charge in [0.1, 0.15) is 5.69 Å². The van der Waals surface area contributed by atoms with Crippen molar-refractivity contribution in [3.05, 3.63) is 48.3 Å². The summed E-state index contributed by atoms with van der Waals surface area (Å²) in [6, 6.07) is 10.7. The molecular weight excluding hydrogens is 242 g/mol. The Hall–Kier alpha value is -2.89. The minimum absolute atomic E-state index is 0.287. The van der Waals surface area contributed by atoms with E-state index in [9.17, 15) is 4.79 Å². The van der Waals surface area contributed by atoms with E-state index < -0.39 is 0 Å². The van der Waals surface area contributed by atoms with Gasteiger partial charge in [-0.2, -0.15) is 0 Å². The monoisotopic (exact) mass is 253 g/mol. The summed E-state index contributed by atoms with van der Waals surface area (Å²) in [6.07, 6.45) is 1.44. The summed E-state index contributed by atoms with van der Waals surface area (Å²) in [5.41, 5.74) is 7.98. The number of amides is 1. The summed E-state index contributed by atoms with van der Waals surface area (Å²) in [6.45, 7) is 0. The number of nitrogens with two attached hydrogens (primary N) is 1. The van der Waals surface area contributed by atoms with Crippen LogP contribution in [0.1, 0.15) is 10.5 Å². The van der Waals surface area contributed by atoms with Crippen molar-refractivity contribution in [2.75, 3.05) is 11.1 Å². The molecule has 6 nitrogen and oxygen atoms in total. The van der Waals surface area contributed by atoms with Crippen LogP contribution < -0.4 is 11.1 Å². The second-order valence-corrected chi connectivity index (χ2v) is 4.03. The molecule has 0 saturated carbocycles. The number of hydrogen-bond donors (Lipinski definition) is 3. The minimum atomic E-state index is -0.334. The summed E-state index contributed by atoms with van der Waals surface area (Å²) in [5.74, 6) is 0.0591. The van der Waals surface area contributed by atoms with Crippen LogP contribution >= 0.6 is 0 Å². The van der Waals surface area contributed by atoms with E-state index in [-0.39, 0.29) is 11.6 Å². The van der Waals surface area contributed by atoms with Gasteiger partial charge in [-0.1, -0.05) is 12.1 Å². The molecule has 0 bridgehead atoms. The molecule has 3 rings (SSSR count). The number of pyridine rings is 1. The average molecular weight is 253 g/mol. The number of rotatable bonds is 2. The maximum atomic E-state index is 11.9. The largest absolute Gasteiger partial charge is 0.397 e. The van der Waals surface area contributed by atoms with Gasteiger partial charge in [0.05, 0.1) is 22.9 Å². The third-order valence-corrected chi connectivity index (χ3v) is 2.64. The van der Waals surface area contributed by atoms with E-state index in [0.717, 1.165) is 11.0 Å². The van der Waals surface area contributed by atoms with Crippen molar-refractivity contribution >= 4 is 28.6 Å². The van der Waals surface area contributed by atoms with E-state index >= 15 is 0 Å². The predicted molar refractivity (Wildman–Crippen MR) is 72.7 cm³/mol. The number of aromatic nitrogens is 3. The Morgan fingerprint density at radius 2 is 2.05 bits per heavy atom. The maximum Gasteiger partial charge on any atom is 0.276 e. The smallest absolute Gasteiger partial charge is 0.276 e. The van der Waals surface area contributed by atoms with Crippen LogP contribution in [0.25, 0.3) is 11.0 Å². The molecule has 1 amide bonds. The molecule has 0 aliphatic carbocycles. The lowest BCUT2D eigenvalue weighted by atomic mass is 10.3. The van der Waals surface area contributed by atoms with Crippen LogP contribution in [-0.2, 0) is 0 Å². The molecule has 6 heteroatoms. The quantitative estimate of drug-likeness (QED) is 0.648. The van der Waals surface area contributed by atoms with E-state index in [4.69, 9.17) is 5.73 Å². The van der Waals surface area contributed by atoms with Gasteiger partial charge in [-0.05, 0) is 24.3 Å². The fourth-order valence-electron chi connectivity index (χ4n) is 1.72. The molecule has 0 radical (unpaired) electrons. The Balaban J connectivity index is 1.84. The molecule has 3 aromatic rings. The van der Waals surface area contributed by atoms with Crippen molar-refractivity contribution in [2.45, 2.75) is 0 Å². The lowest BCUT2D eigenvalue weighted by Crippen LogP contribution is -2.14. The number of para-hydroxylation sites is 2. The molecule has 2 heterocycles. The molecule has 2 aromatic heterocycles. The third-order valence-electron chi connectivity index (χ3n) is 2.64. The number of H-pyrrole nitrogens is 1. The number of fused-ring (bicyclic) bond motifs is 1. The van der Waals surface area contributed by atoms with Gasteiger partial charge in [-0.25, -0.2) is 9.97 Å². The van der Waals surface area contributed by atoms with E-state index in [1.54, 1.807) is 12.1 Å². The molecule has 0 aliphatic heterocycles. The highest BCUT2D eigenvalue weighted by Gasteiger charge is 2.09. The van der Waals surface area contributed by atoms with Crippen molar-refractivity contribution in [2.24, 2.45) is 0 Å². The molecule has 0 unspecified atom stereocenters. The van der Waals surface area contributed by atoms with Gasteiger partial charge in [0.2, 0.25) is 5.95 Å². The average Bonchev–Trinajstić information content (AvgIpc) is 2.81. The molecule has 0 saturated heterocycles. The van der Waals surface area contributed by atoms with E-state index in [1.165, 1.54) is 6.20 Å². The highest BCUT2D eigenvalue weighted by molar-refractivity contribution is 6.02. The normalized spacial score (nSPS) is 10.5. The molecule has 1 aromatic carbocycles. The van der Waals surface area contributed by atoms with Gasteiger partial charge in [0, 0.05) is 0 Å². The number of nitrogen functional groups attached to an aromatic ring is 1. The molecular formula is C13H11N5O. The van der Waals surface area contributed by atoms with Gasteiger partial charge >= 0.3 is 0 Å². The SMILES string of the molecule is Nc1ccc(C(=O)Nc2nc3ccccc3[nH]2)nc1. The highest BCUT2D eigenvalue weighted by atomic mass is 16.2. The molecule has 0 fully saturated rings.